The van der Waals surface area contributed by atoms with Gasteiger partial charge in [-0.25, -0.2) is 0 Å². The van der Waals surface area contributed by atoms with Crippen LogP contribution in [0.4, 0.5) is 0 Å². The highest BCUT2D eigenvalue weighted by Gasteiger charge is 2.30. The molecule has 0 atom stereocenters. The summed E-state index contributed by atoms with van der Waals surface area (Å²) in [6.45, 7) is 3.46. The van der Waals surface area contributed by atoms with Crippen molar-refractivity contribution in [1.29, 1.82) is 0 Å². The van der Waals surface area contributed by atoms with Gasteiger partial charge >= 0.3 is 0 Å². The second kappa shape index (κ2) is 3.66. The van der Waals surface area contributed by atoms with Crippen molar-refractivity contribution < 1.29 is 9.90 Å². The van der Waals surface area contributed by atoms with Crippen molar-refractivity contribution in [2.24, 2.45) is 0 Å². The van der Waals surface area contributed by atoms with Gasteiger partial charge < -0.3 is 10.0 Å². The third kappa shape index (κ3) is 2.69. The van der Waals surface area contributed by atoms with Crippen molar-refractivity contribution in [3.05, 3.63) is 0 Å². The summed E-state index contributed by atoms with van der Waals surface area (Å²) in [7, 11) is 1.84. The number of amides is 1. The van der Waals surface area contributed by atoms with E-state index in [4.69, 9.17) is 0 Å². The molecule has 0 aromatic carbocycles. The van der Waals surface area contributed by atoms with Crippen molar-refractivity contribution in [3.8, 4) is 0 Å². The molecule has 0 aromatic rings. The number of aliphatic hydroxyl groups is 1. The van der Waals surface area contributed by atoms with Crippen molar-refractivity contribution in [2.45, 2.75) is 51.2 Å². The zero-order chi connectivity index (χ0) is 10.1. The van der Waals surface area contributed by atoms with E-state index in [0.29, 0.717) is 6.04 Å². The molecule has 0 saturated heterocycles. The number of rotatable bonds is 1. The summed E-state index contributed by atoms with van der Waals surface area (Å²) in [6.07, 6.45) is 3.44. The summed E-state index contributed by atoms with van der Waals surface area (Å²) in [4.78, 5) is 12.9. The summed E-state index contributed by atoms with van der Waals surface area (Å²) < 4.78 is 0. The summed E-state index contributed by atoms with van der Waals surface area (Å²) in [5.41, 5.74) is -0.506. The van der Waals surface area contributed by atoms with Gasteiger partial charge in [-0.05, 0) is 32.6 Å². The first-order valence-corrected chi connectivity index (χ1v) is 4.88. The molecule has 0 aromatic heterocycles. The first-order chi connectivity index (χ1) is 5.92. The molecule has 76 valence electrons. The maximum absolute atomic E-state index is 11.1. The SMILES string of the molecule is CC(=O)N(C)[C@H]1CC[C@@](C)(O)CC1. The van der Waals surface area contributed by atoms with Crippen LogP contribution in [-0.4, -0.2) is 34.6 Å². The lowest BCUT2D eigenvalue weighted by Crippen LogP contribution is -2.42. The number of carbonyl (C=O) groups is 1. The molecule has 0 heterocycles. The van der Waals surface area contributed by atoms with E-state index >= 15 is 0 Å². The Bertz CT molecular complexity index is 191. The van der Waals surface area contributed by atoms with E-state index in [0.717, 1.165) is 25.7 Å². The number of hydrogen-bond acceptors (Lipinski definition) is 2. The Balaban J connectivity index is 2.45. The standard InChI is InChI=1S/C10H19NO2/c1-8(12)11(3)9-4-6-10(2,13)7-5-9/h9,13H,4-7H2,1-3H3/t9-,10+. The van der Waals surface area contributed by atoms with E-state index in [1.807, 2.05) is 14.0 Å². The summed E-state index contributed by atoms with van der Waals surface area (Å²) in [5.74, 6) is 0.117. The highest BCUT2D eigenvalue weighted by molar-refractivity contribution is 5.73. The molecule has 3 heteroatoms. The zero-order valence-electron chi connectivity index (χ0n) is 8.71. The van der Waals surface area contributed by atoms with Crippen molar-refractivity contribution in [2.75, 3.05) is 7.05 Å². The molecule has 1 fully saturated rings. The Hall–Kier alpha value is -0.570. The minimum Gasteiger partial charge on any atom is -0.390 e. The molecule has 1 amide bonds. The maximum atomic E-state index is 11.1. The molecule has 1 aliphatic carbocycles. The number of nitrogens with zero attached hydrogens (tertiary/aromatic N) is 1. The van der Waals surface area contributed by atoms with Crippen molar-refractivity contribution in [1.82, 2.24) is 4.90 Å². The summed E-state index contributed by atoms with van der Waals surface area (Å²) in [6, 6.07) is 0.331. The van der Waals surface area contributed by atoms with E-state index in [1.165, 1.54) is 0 Å². The topological polar surface area (TPSA) is 40.5 Å². The normalized spacial score (nSPS) is 34.3. The fraction of sp³-hybridized carbons (Fsp3) is 0.900. The van der Waals surface area contributed by atoms with E-state index in [9.17, 15) is 9.90 Å². The van der Waals surface area contributed by atoms with Crippen LogP contribution in [0, 0.1) is 0 Å². The van der Waals surface area contributed by atoms with Crippen molar-refractivity contribution >= 4 is 5.91 Å². The minimum absolute atomic E-state index is 0.117. The van der Waals surface area contributed by atoms with Crippen molar-refractivity contribution in [3.63, 3.8) is 0 Å². The van der Waals surface area contributed by atoms with E-state index < -0.39 is 5.60 Å². The molecular weight excluding hydrogens is 166 g/mol. The monoisotopic (exact) mass is 185 g/mol. The van der Waals surface area contributed by atoms with Gasteiger partial charge in [0.2, 0.25) is 5.91 Å². The van der Waals surface area contributed by atoms with Gasteiger partial charge in [0.15, 0.2) is 0 Å². The van der Waals surface area contributed by atoms with Crippen LogP contribution in [0.3, 0.4) is 0 Å². The third-order valence-corrected chi connectivity index (χ3v) is 3.08. The fourth-order valence-corrected chi connectivity index (χ4v) is 1.87. The second-order valence-corrected chi connectivity index (χ2v) is 4.36. The van der Waals surface area contributed by atoms with Gasteiger partial charge in [-0.15, -0.1) is 0 Å². The molecule has 1 saturated carbocycles. The lowest BCUT2D eigenvalue weighted by Gasteiger charge is -2.37. The van der Waals surface area contributed by atoms with Crippen LogP contribution >= 0.6 is 0 Å². The molecular formula is C10H19NO2. The van der Waals surface area contributed by atoms with Gasteiger partial charge in [-0.1, -0.05) is 0 Å². The molecule has 1 rings (SSSR count). The van der Waals surface area contributed by atoms with Gasteiger partial charge in [-0.3, -0.25) is 4.79 Å². The highest BCUT2D eigenvalue weighted by Crippen LogP contribution is 2.29. The summed E-state index contributed by atoms with van der Waals surface area (Å²) >= 11 is 0. The van der Waals surface area contributed by atoms with Gasteiger partial charge in [0.25, 0.3) is 0 Å². The molecule has 0 bridgehead atoms. The smallest absolute Gasteiger partial charge is 0.219 e. The van der Waals surface area contributed by atoms with Crippen LogP contribution in [0.2, 0.25) is 0 Å². The molecule has 3 nitrogen and oxygen atoms in total. The average Bonchev–Trinajstić information content (AvgIpc) is 2.03. The average molecular weight is 185 g/mol. The first kappa shape index (κ1) is 10.5. The predicted octanol–water partition coefficient (Wildman–Crippen LogP) is 1.16. The molecule has 0 radical (unpaired) electrons. The molecule has 0 aliphatic heterocycles. The molecule has 13 heavy (non-hydrogen) atoms. The van der Waals surface area contributed by atoms with Gasteiger partial charge in [0.05, 0.1) is 5.60 Å². The lowest BCUT2D eigenvalue weighted by atomic mass is 9.83. The number of hydrogen-bond donors (Lipinski definition) is 1. The predicted molar refractivity (Wildman–Crippen MR) is 51.3 cm³/mol. The van der Waals surface area contributed by atoms with Crippen LogP contribution in [0.25, 0.3) is 0 Å². The van der Waals surface area contributed by atoms with Crippen LogP contribution in [0.5, 0.6) is 0 Å². The van der Waals surface area contributed by atoms with E-state index in [-0.39, 0.29) is 5.91 Å². The Kier molecular flexibility index (Phi) is 2.96. The number of carbonyl (C=O) groups excluding carboxylic acids is 1. The molecule has 1 aliphatic rings. The van der Waals surface area contributed by atoms with E-state index in [2.05, 4.69) is 0 Å². The van der Waals surface area contributed by atoms with Crippen LogP contribution in [0.1, 0.15) is 39.5 Å². The first-order valence-electron chi connectivity index (χ1n) is 4.88. The molecule has 0 unspecified atom stereocenters. The fourth-order valence-electron chi connectivity index (χ4n) is 1.87. The molecule has 0 spiro atoms. The minimum atomic E-state index is -0.506. The zero-order valence-corrected chi connectivity index (χ0v) is 8.71. The summed E-state index contributed by atoms with van der Waals surface area (Å²) in [5, 5.41) is 9.71. The van der Waals surface area contributed by atoms with E-state index in [1.54, 1.807) is 11.8 Å². The third-order valence-electron chi connectivity index (χ3n) is 3.08. The maximum Gasteiger partial charge on any atom is 0.219 e. The quantitative estimate of drug-likeness (QED) is 0.666. The Morgan fingerprint density at radius 1 is 1.46 bits per heavy atom. The van der Waals surface area contributed by atoms with Gasteiger partial charge in [-0.2, -0.15) is 0 Å². The van der Waals surface area contributed by atoms with Crippen LogP contribution in [-0.2, 0) is 4.79 Å². The lowest BCUT2D eigenvalue weighted by molar-refractivity contribution is -0.131. The highest BCUT2D eigenvalue weighted by atomic mass is 16.3. The molecule has 1 N–H and O–H groups in total. The second-order valence-electron chi connectivity index (χ2n) is 4.36. The van der Waals surface area contributed by atoms with Gasteiger partial charge in [0.1, 0.15) is 0 Å². The Morgan fingerprint density at radius 2 is 1.92 bits per heavy atom. The largest absolute Gasteiger partial charge is 0.390 e. The van der Waals surface area contributed by atoms with Crippen LogP contribution in [0.15, 0.2) is 0 Å². The van der Waals surface area contributed by atoms with Crippen LogP contribution < -0.4 is 0 Å². The Labute approximate surface area is 79.7 Å². The Morgan fingerprint density at radius 3 is 2.31 bits per heavy atom. The van der Waals surface area contributed by atoms with Gasteiger partial charge in [0, 0.05) is 20.0 Å².